The van der Waals surface area contributed by atoms with Gasteiger partial charge in [0.05, 0.1) is 0 Å². The molecule has 2 rings (SSSR count). The van der Waals surface area contributed by atoms with Crippen LogP contribution < -0.4 is 10.5 Å². The van der Waals surface area contributed by atoms with Crippen molar-refractivity contribution in [3.05, 3.63) is 29.3 Å². The molecule has 1 aliphatic heterocycles. The first-order chi connectivity index (χ1) is 7.15. The summed E-state index contributed by atoms with van der Waals surface area (Å²) in [5.74, 6) is 0.773. The molecule has 0 bridgehead atoms. The molecule has 0 amide bonds. The fourth-order valence-corrected chi connectivity index (χ4v) is 1.78. The Morgan fingerprint density at radius 1 is 1.47 bits per heavy atom. The van der Waals surface area contributed by atoms with Gasteiger partial charge in [0.2, 0.25) is 6.43 Å². The Bertz CT molecular complexity index is 354. The van der Waals surface area contributed by atoms with Crippen LogP contribution in [0.5, 0.6) is 5.75 Å². The van der Waals surface area contributed by atoms with E-state index in [4.69, 9.17) is 10.5 Å². The molecule has 2 N–H and O–H groups in total. The summed E-state index contributed by atoms with van der Waals surface area (Å²) < 4.78 is 29.7. The van der Waals surface area contributed by atoms with Crippen molar-refractivity contribution in [2.24, 2.45) is 5.73 Å². The molecule has 1 unspecified atom stereocenters. The van der Waals surface area contributed by atoms with Gasteiger partial charge < -0.3 is 10.5 Å². The summed E-state index contributed by atoms with van der Waals surface area (Å²) in [6.07, 6.45) is -1.81. The second-order valence-electron chi connectivity index (χ2n) is 3.81. The van der Waals surface area contributed by atoms with Crippen LogP contribution in [0.25, 0.3) is 0 Å². The number of hydrogen-bond acceptors (Lipinski definition) is 2. The molecule has 4 heteroatoms. The van der Waals surface area contributed by atoms with Crippen LogP contribution in [0.1, 0.15) is 11.1 Å². The van der Waals surface area contributed by atoms with E-state index in [2.05, 4.69) is 0 Å². The van der Waals surface area contributed by atoms with Crippen molar-refractivity contribution in [3.63, 3.8) is 0 Å². The number of alkyl halides is 2. The number of fused-ring (bicyclic) bond motifs is 1. The minimum Gasteiger partial charge on any atom is -0.492 e. The Kier molecular flexibility index (Phi) is 2.86. The predicted molar refractivity (Wildman–Crippen MR) is 53.3 cm³/mol. The Balaban J connectivity index is 2.20. The molecule has 0 spiro atoms. The molecule has 0 aliphatic carbocycles. The average Bonchev–Trinajstić information content (AvgIpc) is 2.16. The molecule has 1 atom stereocenters. The number of hydrogen-bond donors (Lipinski definition) is 1. The molecular formula is C11H13F2NO. The lowest BCUT2D eigenvalue weighted by Crippen LogP contribution is -2.33. The maximum Gasteiger partial charge on any atom is 0.242 e. The van der Waals surface area contributed by atoms with E-state index >= 15 is 0 Å². The van der Waals surface area contributed by atoms with Crippen molar-refractivity contribution >= 4 is 0 Å². The third kappa shape index (κ3) is 2.45. The molecule has 15 heavy (non-hydrogen) atoms. The highest BCUT2D eigenvalue weighted by Gasteiger charge is 2.17. The van der Waals surface area contributed by atoms with E-state index in [-0.39, 0.29) is 12.5 Å². The largest absolute Gasteiger partial charge is 0.492 e. The molecule has 2 nitrogen and oxygen atoms in total. The Morgan fingerprint density at radius 2 is 2.27 bits per heavy atom. The Morgan fingerprint density at radius 3 is 3.00 bits per heavy atom. The third-order valence-electron chi connectivity index (χ3n) is 2.45. The molecule has 1 aliphatic rings. The maximum absolute atomic E-state index is 12.2. The smallest absolute Gasteiger partial charge is 0.242 e. The van der Waals surface area contributed by atoms with E-state index in [0.717, 1.165) is 11.3 Å². The molecule has 0 radical (unpaired) electrons. The lowest BCUT2D eigenvalue weighted by molar-refractivity contribution is 0.149. The van der Waals surface area contributed by atoms with Gasteiger partial charge in [-0.2, -0.15) is 0 Å². The normalized spacial score (nSPS) is 19.9. The van der Waals surface area contributed by atoms with Gasteiger partial charge in [0.25, 0.3) is 0 Å². The van der Waals surface area contributed by atoms with Crippen LogP contribution >= 0.6 is 0 Å². The Labute approximate surface area is 87.0 Å². The lowest BCUT2D eigenvalue weighted by Gasteiger charge is -2.22. The molecule has 82 valence electrons. The zero-order valence-electron chi connectivity index (χ0n) is 8.25. The van der Waals surface area contributed by atoms with Crippen molar-refractivity contribution in [3.8, 4) is 5.75 Å². The van der Waals surface area contributed by atoms with Gasteiger partial charge in [-0.25, -0.2) is 8.78 Å². The van der Waals surface area contributed by atoms with Crippen molar-refractivity contribution < 1.29 is 13.5 Å². The topological polar surface area (TPSA) is 35.2 Å². The van der Waals surface area contributed by atoms with Crippen LogP contribution in [0.2, 0.25) is 0 Å². The molecule has 0 saturated heterocycles. The summed E-state index contributed by atoms with van der Waals surface area (Å²) in [6.45, 7) is 0.501. The van der Waals surface area contributed by atoms with Crippen LogP contribution in [-0.4, -0.2) is 19.1 Å². The van der Waals surface area contributed by atoms with E-state index in [0.29, 0.717) is 18.6 Å². The van der Waals surface area contributed by atoms with Crippen LogP contribution in [0.4, 0.5) is 8.78 Å². The van der Waals surface area contributed by atoms with E-state index in [9.17, 15) is 8.78 Å². The van der Waals surface area contributed by atoms with E-state index in [1.807, 2.05) is 0 Å². The van der Waals surface area contributed by atoms with Gasteiger partial charge in [-0.05, 0) is 23.6 Å². The highest BCUT2D eigenvalue weighted by molar-refractivity contribution is 5.39. The van der Waals surface area contributed by atoms with Gasteiger partial charge in [-0.1, -0.05) is 12.1 Å². The van der Waals surface area contributed by atoms with E-state index < -0.39 is 6.43 Å². The summed E-state index contributed by atoms with van der Waals surface area (Å²) in [5.41, 5.74) is 7.30. The minimum atomic E-state index is -2.30. The highest BCUT2D eigenvalue weighted by Crippen LogP contribution is 2.25. The van der Waals surface area contributed by atoms with Crippen LogP contribution in [0.15, 0.2) is 18.2 Å². The van der Waals surface area contributed by atoms with Gasteiger partial charge in [-0.15, -0.1) is 0 Å². The SMILES string of the molecule is NC1COc2ccc(CC(F)F)cc2C1. The highest BCUT2D eigenvalue weighted by atomic mass is 19.3. The van der Waals surface area contributed by atoms with Gasteiger partial charge >= 0.3 is 0 Å². The summed E-state index contributed by atoms with van der Waals surface area (Å²) in [4.78, 5) is 0. The van der Waals surface area contributed by atoms with Gasteiger partial charge in [0, 0.05) is 12.5 Å². The number of nitrogens with two attached hydrogens (primary N) is 1. The van der Waals surface area contributed by atoms with Gasteiger partial charge in [0.15, 0.2) is 0 Å². The van der Waals surface area contributed by atoms with E-state index in [1.54, 1.807) is 18.2 Å². The fraction of sp³-hybridized carbons (Fsp3) is 0.455. The minimum absolute atomic E-state index is 0.0284. The number of halogens is 2. The predicted octanol–water partition coefficient (Wildman–Crippen LogP) is 1.76. The first-order valence-electron chi connectivity index (χ1n) is 4.93. The molecule has 1 heterocycles. The zero-order chi connectivity index (χ0) is 10.8. The Hall–Kier alpha value is -1.16. The number of ether oxygens (including phenoxy) is 1. The molecule has 0 aromatic heterocycles. The molecular weight excluding hydrogens is 200 g/mol. The van der Waals surface area contributed by atoms with Crippen LogP contribution in [0, 0.1) is 0 Å². The second-order valence-corrected chi connectivity index (χ2v) is 3.81. The summed E-state index contributed by atoms with van der Waals surface area (Å²) >= 11 is 0. The van der Waals surface area contributed by atoms with Crippen molar-refractivity contribution in [1.82, 2.24) is 0 Å². The zero-order valence-corrected chi connectivity index (χ0v) is 8.25. The van der Waals surface area contributed by atoms with Crippen LogP contribution in [-0.2, 0) is 12.8 Å². The quantitative estimate of drug-likeness (QED) is 0.812. The summed E-state index contributed by atoms with van der Waals surface area (Å²) in [6, 6.07) is 5.17. The van der Waals surface area contributed by atoms with Crippen molar-refractivity contribution in [2.75, 3.05) is 6.61 Å². The number of rotatable bonds is 2. The van der Waals surface area contributed by atoms with Gasteiger partial charge in [0.1, 0.15) is 12.4 Å². The molecule has 1 aromatic carbocycles. The fourth-order valence-electron chi connectivity index (χ4n) is 1.78. The maximum atomic E-state index is 12.2. The monoisotopic (exact) mass is 213 g/mol. The average molecular weight is 213 g/mol. The third-order valence-corrected chi connectivity index (χ3v) is 2.45. The van der Waals surface area contributed by atoms with E-state index in [1.165, 1.54) is 0 Å². The second kappa shape index (κ2) is 4.14. The van der Waals surface area contributed by atoms with Crippen LogP contribution in [0.3, 0.4) is 0 Å². The standard InChI is InChI=1S/C11H13F2NO/c12-11(13)4-7-1-2-10-8(3-7)5-9(14)6-15-10/h1-3,9,11H,4-6,14H2. The molecule has 0 fully saturated rings. The molecule has 1 aromatic rings. The first kappa shape index (κ1) is 10.4. The van der Waals surface area contributed by atoms with Crippen molar-refractivity contribution in [2.45, 2.75) is 25.3 Å². The number of benzene rings is 1. The first-order valence-corrected chi connectivity index (χ1v) is 4.93. The van der Waals surface area contributed by atoms with Crippen molar-refractivity contribution in [1.29, 1.82) is 0 Å². The summed E-state index contributed by atoms with van der Waals surface area (Å²) in [7, 11) is 0. The molecule has 0 saturated carbocycles. The summed E-state index contributed by atoms with van der Waals surface area (Å²) in [5, 5.41) is 0. The lowest BCUT2D eigenvalue weighted by atomic mass is 10.00. The van der Waals surface area contributed by atoms with Gasteiger partial charge in [-0.3, -0.25) is 0 Å².